The van der Waals surface area contributed by atoms with E-state index in [2.05, 4.69) is 50.2 Å². The van der Waals surface area contributed by atoms with E-state index in [9.17, 15) is 0 Å². The molecule has 98 valence electrons. The van der Waals surface area contributed by atoms with Crippen molar-refractivity contribution in [3.8, 4) is 0 Å². The number of rotatable bonds is 7. The molecule has 0 spiro atoms. The number of hydrogen-bond acceptors (Lipinski definition) is 3. The molecule has 1 aromatic rings. The third-order valence-electron chi connectivity index (χ3n) is 3.48. The molecule has 1 N–H and O–H groups in total. The SMILES string of the molecule is CCCn1nncc1C(NCC)C(C)(C)CC. The van der Waals surface area contributed by atoms with Gasteiger partial charge in [-0.3, -0.25) is 0 Å². The lowest BCUT2D eigenvalue weighted by Crippen LogP contribution is -2.35. The van der Waals surface area contributed by atoms with E-state index < -0.39 is 0 Å². The van der Waals surface area contributed by atoms with Gasteiger partial charge in [0.15, 0.2) is 0 Å². The third kappa shape index (κ3) is 3.28. The second-order valence-corrected chi connectivity index (χ2v) is 5.21. The summed E-state index contributed by atoms with van der Waals surface area (Å²) < 4.78 is 2.03. The average molecular weight is 238 g/mol. The summed E-state index contributed by atoms with van der Waals surface area (Å²) in [5.41, 5.74) is 1.42. The van der Waals surface area contributed by atoms with E-state index in [1.165, 1.54) is 5.69 Å². The monoisotopic (exact) mass is 238 g/mol. The van der Waals surface area contributed by atoms with Gasteiger partial charge >= 0.3 is 0 Å². The smallest absolute Gasteiger partial charge is 0.0762 e. The van der Waals surface area contributed by atoms with Crippen LogP contribution in [0.4, 0.5) is 0 Å². The quantitative estimate of drug-likeness (QED) is 0.794. The largest absolute Gasteiger partial charge is 0.308 e. The fourth-order valence-corrected chi connectivity index (χ4v) is 2.06. The van der Waals surface area contributed by atoms with Gasteiger partial charge in [0, 0.05) is 6.54 Å². The molecular formula is C13H26N4. The fourth-order valence-electron chi connectivity index (χ4n) is 2.06. The fraction of sp³-hybridized carbons (Fsp3) is 0.846. The van der Waals surface area contributed by atoms with Crippen molar-refractivity contribution in [2.24, 2.45) is 5.41 Å². The van der Waals surface area contributed by atoms with Crippen LogP contribution in [-0.2, 0) is 6.54 Å². The minimum Gasteiger partial charge on any atom is -0.308 e. The highest BCUT2D eigenvalue weighted by atomic mass is 15.4. The van der Waals surface area contributed by atoms with Crippen molar-refractivity contribution in [1.82, 2.24) is 20.3 Å². The van der Waals surface area contributed by atoms with Crippen LogP contribution >= 0.6 is 0 Å². The Balaban J connectivity index is 3.00. The summed E-state index contributed by atoms with van der Waals surface area (Å²) in [6, 6.07) is 0.319. The first-order chi connectivity index (χ1) is 8.06. The average Bonchev–Trinajstić information content (AvgIpc) is 2.74. The molecule has 4 heteroatoms. The van der Waals surface area contributed by atoms with Gasteiger partial charge in [-0.2, -0.15) is 0 Å². The third-order valence-corrected chi connectivity index (χ3v) is 3.48. The van der Waals surface area contributed by atoms with Crippen LogP contribution in [0.1, 0.15) is 59.2 Å². The van der Waals surface area contributed by atoms with Crippen molar-refractivity contribution in [1.29, 1.82) is 0 Å². The van der Waals surface area contributed by atoms with Gasteiger partial charge in [0.2, 0.25) is 0 Å². The molecule has 1 rings (SSSR count). The van der Waals surface area contributed by atoms with E-state index in [1.54, 1.807) is 0 Å². The van der Waals surface area contributed by atoms with E-state index in [1.807, 2.05) is 10.9 Å². The normalized spacial score (nSPS) is 13.9. The zero-order chi connectivity index (χ0) is 12.9. The summed E-state index contributed by atoms with van der Waals surface area (Å²) in [6.45, 7) is 13.0. The van der Waals surface area contributed by atoms with E-state index in [0.717, 1.165) is 25.9 Å². The van der Waals surface area contributed by atoms with Crippen molar-refractivity contribution in [2.45, 2.75) is 60.0 Å². The first-order valence-corrected chi connectivity index (χ1v) is 6.68. The maximum Gasteiger partial charge on any atom is 0.0762 e. The Morgan fingerprint density at radius 3 is 2.59 bits per heavy atom. The van der Waals surface area contributed by atoms with Crippen molar-refractivity contribution >= 4 is 0 Å². The highest BCUT2D eigenvalue weighted by Gasteiger charge is 2.31. The predicted octanol–water partition coefficient (Wildman–Crippen LogP) is 2.77. The van der Waals surface area contributed by atoms with E-state index in [-0.39, 0.29) is 5.41 Å². The van der Waals surface area contributed by atoms with Gasteiger partial charge in [-0.1, -0.05) is 39.8 Å². The number of nitrogens with one attached hydrogen (secondary N) is 1. The summed E-state index contributed by atoms with van der Waals surface area (Å²) in [4.78, 5) is 0. The van der Waals surface area contributed by atoms with E-state index >= 15 is 0 Å². The van der Waals surface area contributed by atoms with Gasteiger partial charge < -0.3 is 5.32 Å². The van der Waals surface area contributed by atoms with E-state index in [4.69, 9.17) is 0 Å². The Kier molecular flexibility index (Phi) is 5.12. The van der Waals surface area contributed by atoms with Crippen LogP contribution < -0.4 is 5.32 Å². The molecule has 0 aromatic carbocycles. The molecule has 1 aromatic heterocycles. The first kappa shape index (κ1) is 14.2. The first-order valence-electron chi connectivity index (χ1n) is 6.68. The maximum atomic E-state index is 4.18. The molecule has 1 heterocycles. The van der Waals surface area contributed by atoms with Gasteiger partial charge in [-0.05, 0) is 24.8 Å². The van der Waals surface area contributed by atoms with Gasteiger partial charge in [0.25, 0.3) is 0 Å². The van der Waals surface area contributed by atoms with Crippen LogP contribution in [0.15, 0.2) is 6.20 Å². The zero-order valence-corrected chi connectivity index (χ0v) is 11.8. The van der Waals surface area contributed by atoms with Crippen LogP contribution in [0, 0.1) is 5.41 Å². The number of hydrogen-bond donors (Lipinski definition) is 1. The maximum absolute atomic E-state index is 4.18. The number of aromatic nitrogens is 3. The highest BCUT2D eigenvalue weighted by Crippen LogP contribution is 2.35. The molecule has 0 saturated heterocycles. The lowest BCUT2D eigenvalue weighted by Gasteiger charge is -2.34. The molecule has 0 fully saturated rings. The Morgan fingerprint density at radius 1 is 1.35 bits per heavy atom. The van der Waals surface area contributed by atoms with Crippen molar-refractivity contribution in [3.05, 3.63) is 11.9 Å². The minimum atomic E-state index is 0.212. The van der Waals surface area contributed by atoms with Gasteiger partial charge in [-0.25, -0.2) is 4.68 Å². The molecule has 0 amide bonds. The number of nitrogens with zero attached hydrogens (tertiary/aromatic N) is 3. The molecule has 0 saturated carbocycles. The Bertz CT molecular complexity index is 330. The van der Waals surface area contributed by atoms with Crippen molar-refractivity contribution in [2.75, 3.05) is 6.54 Å². The predicted molar refractivity (Wildman–Crippen MR) is 70.8 cm³/mol. The summed E-state index contributed by atoms with van der Waals surface area (Å²) >= 11 is 0. The molecule has 4 nitrogen and oxygen atoms in total. The second-order valence-electron chi connectivity index (χ2n) is 5.21. The highest BCUT2D eigenvalue weighted by molar-refractivity contribution is 5.07. The van der Waals surface area contributed by atoms with Crippen LogP contribution in [0.25, 0.3) is 0 Å². The summed E-state index contributed by atoms with van der Waals surface area (Å²) in [5, 5.41) is 11.8. The summed E-state index contributed by atoms with van der Waals surface area (Å²) in [7, 11) is 0. The van der Waals surface area contributed by atoms with Gasteiger partial charge in [0.1, 0.15) is 0 Å². The van der Waals surface area contributed by atoms with Crippen LogP contribution in [0.5, 0.6) is 0 Å². The Labute approximate surface area is 105 Å². The lowest BCUT2D eigenvalue weighted by molar-refractivity contribution is 0.225. The van der Waals surface area contributed by atoms with E-state index in [0.29, 0.717) is 6.04 Å². The second kappa shape index (κ2) is 6.15. The topological polar surface area (TPSA) is 42.7 Å². The van der Waals surface area contributed by atoms with Crippen molar-refractivity contribution < 1.29 is 0 Å². The molecule has 0 radical (unpaired) electrons. The molecule has 1 atom stereocenters. The van der Waals surface area contributed by atoms with Crippen LogP contribution in [0.3, 0.4) is 0 Å². The molecule has 0 aliphatic rings. The standard InChI is InChI=1S/C13H26N4/c1-6-9-17-11(10-15-16-17)12(14-8-3)13(4,5)7-2/h10,12,14H,6-9H2,1-5H3. The zero-order valence-electron chi connectivity index (χ0n) is 11.8. The van der Waals surface area contributed by atoms with Gasteiger partial charge in [-0.15, -0.1) is 5.10 Å². The molecule has 0 bridgehead atoms. The van der Waals surface area contributed by atoms with Gasteiger partial charge in [0.05, 0.1) is 17.9 Å². The molecule has 17 heavy (non-hydrogen) atoms. The van der Waals surface area contributed by atoms with Crippen LogP contribution in [-0.4, -0.2) is 21.5 Å². The summed E-state index contributed by atoms with van der Waals surface area (Å²) in [5.74, 6) is 0. The van der Waals surface area contributed by atoms with Crippen LogP contribution in [0.2, 0.25) is 0 Å². The Morgan fingerprint density at radius 2 is 2.06 bits per heavy atom. The minimum absolute atomic E-state index is 0.212. The Hall–Kier alpha value is -0.900. The summed E-state index contributed by atoms with van der Waals surface area (Å²) in [6.07, 6.45) is 4.12. The molecule has 0 aliphatic carbocycles. The van der Waals surface area contributed by atoms with Crippen molar-refractivity contribution in [3.63, 3.8) is 0 Å². The molecule has 0 aliphatic heterocycles. The molecular weight excluding hydrogens is 212 g/mol. The lowest BCUT2D eigenvalue weighted by atomic mass is 9.80. The number of aryl methyl sites for hydroxylation is 1. The molecule has 1 unspecified atom stereocenters.